The molecule has 0 aromatic rings. The highest BCUT2D eigenvalue weighted by atomic mass is 16.5. The van der Waals surface area contributed by atoms with Gasteiger partial charge in [0.1, 0.15) is 6.04 Å². The van der Waals surface area contributed by atoms with Crippen LogP contribution in [0.2, 0.25) is 0 Å². The maximum atomic E-state index is 13.2. The molecule has 0 saturated carbocycles. The van der Waals surface area contributed by atoms with Gasteiger partial charge in [-0.25, -0.2) is 0 Å². The lowest BCUT2D eigenvalue weighted by atomic mass is 9.94. The van der Waals surface area contributed by atoms with Crippen LogP contribution in [0, 0.1) is 5.92 Å². The van der Waals surface area contributed by atoms with Gasteiger partial charge in [-0.3, -0.25) is 9.59 Å². The van der Waals surface area contributed by atoms with Gasteiger partial charge in [0.15, 0.2) is 0 Å². The third-order valence-electron chi connectivity index (χ3n) is 9.54. The van der Waals surface area contributed by atoms with E-state index in [1.54, 1.807) is 0 Å². The molecule has 0 aliphatic carbocycles. The van der Waals surface area contributed by atoms with Gasteiger partial charge in [-0.05, 0) is 51.0 Å². The molecule has 1 unspecified atom stereocenters. The van der Waals surface area contributed by atoms with Crippen LogP contribution in [0.15, 0.2) is 0 Å². The largest absolute Gasteiger partial charge is 0.466 e. The molecule has 0 spiro atoms. The summed E-state index contributed by atoms with van der Waals surface area (Å²) >= 11 is 0. The maximum Gasteiger partial charge on any atom is 0.323 e. The molecule has 0 aromatic carbocycles. The minimum Gasteiger partial charge on any atom is -0.466 e. The highest BCUT2D eigenvalue weighted by Crippen LogP contribution is 2.21. The lowest BCUT2D eigenvalue weighted by Crippen LogP contribution is -2.39. The van der Waals surface area contributed by atoms with E-state index in [0.717, 1.165) is 64.2 Å². The summed E-state index contributed by atoms with van der Waals surface area (Å²) in [5.41, 5.74) is 0. The second-order valence-corrected chi connectivity index (χ2v) is 14.2. The average Bonchev–Trinajstić information content (AvgIpc) is 3.07. The third-order valence-corrected chi connectivity index (χ3v) is 9.54. The van der Waals surface area contributed by atoms with Gasteiger partial charge in [0, 0.05) is 13.0 Å². The summed E-state index contributed by atoms with van der Waals surface area (Å²) in [6, 6.07) is -0.309. The van der Waals surface area contributed by atoms with Crippen molar-refractivity contribution in [3.63, 3.8) is 0 Å². The zero-order chi connectivity index (χ0) is 34.5. The lowest BCUT2D eigenvalue weighted by molar-refractivity contribution is -0.148. The van der Waals surface area contributed by atoms with Crippen LogP contribution in [0.1, 0.15) is 213 Å². The van der Waals surface area contributed by atoms with Gasteiger partial charge in [0.2, 0.25) is 0 Å². The molecule has 0 saturated heterocycles. The molecule has 0 bridgehead atoms. The SMILES string of the molecule is CCCCCCCCCCOC(=O)CCCCCCCC(NCCCO)C(=O)OCC(CCCCCCCC)CCCCCCCC. The summed E-state index contributed by atoms with van der Waals surface area (Å²) in [6.45, 7) is 8.61. The molecule has 0 amide bonds. The highest BCUT2D eigenvalue weighted by Gasteiger charge is 2.21. The molecule has 47 heavy (non-hydrogen) atoms. The van der Waals surface area contributed by atoms with Gasteiger partial charge in [-0.2, -0.15) is 0 Å². The van der Waals surface area contributed by atoms with Gasteiger partial charge < -0.3 is 19.9 Å². The van der Waals surface area contributed by atoms with Crippen LogP contribution >= 0.6 is 0 Å². The van der Waals surface area contributed by atoms with Crippen molar-refractivity contribution in [2.75, 3.05) is 26.4 Å². The first-order chi connectivity index (χ1) is 23.1. The van der Waals surface area contributed by atoms with Crippen molar-refractivity contribution in [3.8, 4) is 0 Å². The Labute approximate surface area is 292 Å². The Morgan fingerprint density at radius 1 is 0.532 bits per heavy atom. The molecule has 0 aromatic heterocycles. The number of hydrogen-bond donors (Lipinski definition) is 2. The Morgan fingerprint density at radius 3 is 1.49 bits per heavy atom. The van der Waals surface area contributed by atoms with E-state index in [-0.39, 0.29) is 24.6 Å². The molecular formula is C41H81NO5. The first-order valence-corrected chi connectivity index (χ1v) is 20.7. The van der Waals surface area contributed by atoms with Crippen LogP contribution in [-0.4, -0.2) is 49.5 Å². The van der Waals surface area contributed by atoms with Crippen LogP contribution in [0.25, 0.3) is 0 Å². The normalized spacial score (nSPS) is 12.1. The smallest absolute Gasteiger partial charge is 0.323 e. The van der Waals surface area contributed by atoms with E-state index in [1.165, 1.54) is 116 Å². The van der Waals surface area contributed by atoms with E-state index in [0.29, 0.717) is 38.5 Å². The fourth-order valence-corrected chi connectivity index (χ4v) is 6.34. The van der Waals surface area contributed by atoms with Crippen LogP contribution in [0.3, 0.4) is 0 Å². The number of nitrogens with one attached hydrogen (secondary N) is 1. The van der Waals surface area contributed by atoms with Crippen LogP contribution in [0.4, 0.5) is 0 Å². The van der Waals surface area contributed by atoms with Gasteiger partial charge >= 0.3 is 11.9 Å². The fraction of sp³-hybridized carbons (Fsp3) is 0.951. The number of carbonyl (C=O) groups excluding carboxylic acids is 2. The number of esters is 2. The summed E-state index contributed by atoms with van der Waals surface area (Å²) in [5.74, 6) is 0.273. The maximum absolute atomic E-state index is 13.2. The number of unbranched alkanes of at least 4 members (excludes halogenated alkanes) is 21. The molecule has 0 aliphatic heterocycles. The first kappa shape index (κ1) is 45.9. The third kappa shape index (κ3) is 33.1. The number of ether oxygens (including phenoxy) is 2. The van der Waals surface area contributed by atoms with E-state index in [1.807, 2.05) is 0 Å². The van der Waals surface area contributed by atoms with Crippen molar-refractivity contribution >= 4 is 11.9 Å². The predicted molar refractivity (Wildman–Crippen MR) is 200 cm³/mol. The van der Waals surface area contributed by atoms with Crippen molar-refractivity contribution in [1.29, 1.82) is 0 Å². The molecular weight excluding hydrogens is 586 g/mol. The van der Waals surface area contributed by atoms with E-state index < -0.39 is 0 Å². The predicted octanol–water partition coefficient (Wildman–Crippen LogP) is 11.4. The van der Waals surface area contributed by atoms with Gasteiger partial charge in [-0.15, -0.1) is 0 Å². The Morgan fingerprint density at radius 2 is 0.979 bits per heavy atom. The molecule has 2 N–H and O–H groups in total. The molecule has 280 valence electrons. The Bertz CT molecular complexity index is 642. The Hall–Kier alpha value is -1.14. The van der Waals surface area contributed by atoms with Crippen molar-refractivity contribution in [2.24, 2.45) is 5.92 Å². The summed E-state index contributed by atoms with van der Waals surface area (Å²) in [4.78, 5) is 25.2. The number of hydrogen-bond acceptors (Lipinski definition) is 6. The zero-order valence-electron chi connectivity index (χ0n) is 31.8. The number of rotatable bonds is 38. The van der Waals surface area contributed by atoms with Crippen LogP contribution in [0.5, 0.6) is 0 Å². The lowest BCUT2D eigenvalue weighted by Gasteiger charge is -2.21. The second-order valence-electron chi connectivity index (χ2n) is 14.2. The first-order valence-electron chi connectivity index (χ1n) is 20.7. The molecule has 6 nitrogen and oxygen atoms in total. The quantitative estimate of drug-likeness (QED) is 0.0503. The molecule has 0 fully saturated rings. The monoisotopic (exact) mass is 668 g/mol. The van der Waals surface area contributed by atoms with Gasteiger partial charge in [0.25, 0.3) is 0 Å². The fourth-order valence-electron chi connectivity index (χ4n) is 6.34. The zero-order valence-corrected chi connectivity index (χ0v) is 31.8. The number of aliphatic hydroxyl groups is 1. The summed E-state index contributed by atoms with van der Waals surface area (Å²) in [6.07, 6.45) is 34.7. The topological polar surface area (TPSA) is 84.9 Å². The van der Waals surface area contributed by atoms with Gasteiger partial charge in [-0.1, -0.05) is 168 Å². The van der Waals surface area contributed by atoms with E-state index in [9.17, 15) is 14.7 Å². The van der Waals surface area contributed by atoms with Gasteiger partial charge in [0.05, 0.1) is 13.2 Å². The van der Waals surface area contributed by atoms with E-state index in [4.69, 9.17) is 9.47 Å². The van der Waals surface area contributed by atoms with Crippen molar-refractivity contribution in [3.05, 3.63) is 0 Å². The molecule has 0 radical (unpaired) electrons. The second kappa shape index (κ2) is 37.7. The molecule has 0 heterocycles. The summed E-state index contributed by atoms with van der Waals surface area (Å²) in [5, 5.41) is 12.6. The summed E-state index contributed by atoms with van der Waals surface area (Å²) in [7, 11) is 0. The standard InChI is InChI=1S/C41H81NO5/c1-4-7-10-13-16-17-23-28-36-46-40(44)33-27-22-18-21-26-32-39(42-34-29-35-43)41(45)47-37-38(30-24-19-14-11-8-5-2)31-25-20-15-12-9-6-3/h38-39,42-43H,4-37H2,1-3H3. The average molecular weight is 668 g/mol. The summed E-state index contributed by atoms with van der Waals surface area (Å²) < 4.78 is 11.4. The van der Waals surface area contributed by atoms with Crippen LogP contribution in [-0.2, 0) is 19.1 Å². The molecule has 6 heteroatoms. The Balaban J connectivity index is 4.33. The van der Waals surface area contributed by atoms with E-state index >= 15 is 0 Å². The Kier molecular flexibility index (Phi) is 36.8. The molecule has 0 aliphatic rings. The van der Waals surface area contributed by atoms with Crippen molar-refractivity contribution in [1.82, 2.24) is 5.32 Å². The molecule has 1 atom stereocenters. The minimum absolute atomic E-state index is 0.0601. The van der Waals surface area contributed by atoms with E-state index in [2.05, 4.69) is 26.1 Å². The van der Waals surface area contributed by atoms with Crippen molar-refractivity contribution in [2.45, 2.75) is 219 Å². The highest BCUT2D eigenvalue weighted by molar-refractivity contribution is 5.75. The van der Waals surface area contributed by atoms with Crippen molar-refractivity contribution < 1.29 is 24.2 Å². The number of aliphatic hydroxyl groups excluding tert-OH is 1. The minimum atomic E-state index is -0.309. The molecule has 0 rings (SSSR count). The van der Waals surface area contributed by atoms with Crippen LogP contribution < -0.4 is 5.32 Å². The number of carbonyl (C=O) groups is 2.